The summed E-state index contributed by atoms with van der Waals surface area (Å²) in [7, 11) is -8.44. The van der Waals surface area contributed by atoms with E-state index in [1.807, 2.05) is 0 Å². The molecular weight excluding hydrogens is 296 g/mol. The zero-order chi connectivity index (χ0) is 11.2. The normalized spacial score (nSPS) is 45.8. The Kier molecular flexibility index (Phi) is 7.67. The molecule has 0 unspecified atom stereocenters. The zero-order valence-corrected chi connectivity index (χ0v) is 15.3. The molecule has 2 saturated heterocycles. The predicted molar refractivity (Wildman–Crippen MR) is 41.5 cm³/mol. The minimum atomic E-state index is -4.22. The van der Waals surface area contributed by atoms with E-state index in [1.165, 1.54) is 0 Å². The number of rotatable bonds is 0. The van der Waals surface area contributed by atoms with Gasteiger partial charge in [0.1, 0.15) is 0 Å². The first-order valence-electron chi connectivity index (χ1n) is 4.03. The number of hydrogen-bond acceptors (Lipinski definition) is 8. The van der Waals surface area contributed by atoms with E-state index in [0.717, 1.165) is 0 Å². The molecular formula is C5H8Na2O8P2. The van der Waals surface area contributed by atoms with Crippen LogP contribution >= 0.6 is 15.6 Å². The van der Waals surface area contributed by atoms with Crippen molar-refractivity contribution in [3.63, 3.8) is 0 Å². The van der Waals surface area contributed by atoms with Crippen molar-refractivity contribution in [3.05, 3.63) is 0 Å². The molecule has 2 aliphatic heterocycles. The summed E-state index contributed by atoms with van der Waals surface area (Å²) in [5.74, 6) is 0. The second-order valence-electron chi connectivity index (χ2n) is 3.49. The van der Waals surface area contributed by atoms with Gasteiger partial charge in [0, 0.05) is 0 Å². The molecule has 0 atom stereocenters. The van der Waals surface area contributed by atoms with E-state index in [9.17, 15) is 18.9 Å². The van der Waals surface area contributed by atoms with Crippen molar-refractivity contribution < 1.29 is 96.1 Å². The monoisotopic (exact) mass is 304 g/mol. The largest absolute Gasteiger partial charge is 1.00 e. The molecule has 0 saturated carbocycles. The first-order chi connectivity index (χ1) is 6.83. The van der Waals surface area contributed by atoms with Gasteiger partial charge in [-0.1, -0.05) is 0 Å². The quantitative estimate of drug-likeness (QED) is 0.320. The molecule has 0 N–H and O–H groups in total. The predicted octanol–water partition coefficient (Wildman–Crippen LogP) is -6.99. The van der Waals surface area contributed by atoms with Crippen LogP contribution in [0.25, 0.3) is 0 Å². The molecule has 12 heteroatoms. The fraction of sp³-hybridized carbons (Fsp3) is 1.00. The smallest absolute Gasteiger partial charge is 0.756 e. The minimum Gasteiger partial charge on any atom is -0.756 e. The molecule has 0 aliphatic carbocycles. The third-order valence-electron chi connectivity index (χ3n) is 2.12. The maximum atomic E-state index is 10.8. The van der Waals surface area contributed by atoms with Crippen molar-refractivity contribution in [2.75, 3.05) is 26.4 Å². The Bertz CT molecular complexity index is 300. The fourth-order valence-corrected chi connectivity index (χ4v) is 3.07. The van der Waals surface area contributed by atoms with Crippen LogP contribution in [0.4, 0.5) is 0 Å². The molecule has 1 spiro atoms. The van der Waals surface area contributed by atoms with Crippen LogP contribution in [0.3, 0.4) is 0 Å². The Labute approximate surface area is 142 Å². The number of hydrogen-bond donors (Lipinski definition) is 0. The van der Waals surface area contributed by atoms with Crippen molar-refractivity contribution in [1.29, 1.82) is 0 Å². The Morgan fingerprint density at radius 2 is 1.00 bits per heavy atom. The molecule has 2 fully saturated rings. The van der Waals surface area contributed by atoms with Crippen LogP contribution in [-0.2, 0) is 27.2 Å². The van der Waals surface area contributed by atoms with E-state index in [4.69, 9.17) is 0 Å². The third-order valence-corrected chi connectivity index (χ3v) is 3.90. The van der Waals surface area contributed by atoms with Gasteiger partial charge in [-0.15, -0.1) is 0 Å². The standard InChI is InChI=1S/C5H10O8P2.2Na/c6-14(7)10-1-5(2-11-14)3-12-15(8,9)13-4-5;;/h1-4H2,(H,6,7)(H,8,9);;/q;2*+1/p-2. The van der Waals surface area contributed by atoms with E-state index in [-0.39, 0.29) is 85.5 Å². The molecule has 0 bridgehead atoms. The zero-order valence-electron chi connectivity index (χ0n) is 9.49. The second-order valence-corrected chi connectivity index (χ2v) is 6.31. The SMILES string of the molecule is O=P1([O-])OCC2(CO1)COP(=O)([O-])OC2.[Na+].[Na+]. The minimum absolute atomic E-state index is 0. The van der Waals surface area contributed by atoms with E-state index < -0.39 is 21.1 Å². The van der Waals surface area contributed by atoms with Gasteiger partial charge in [-0.2, -0.15) is 0 Å². The second kappa shape index (κ2) is 6.78. The number of phosphoric ester groups is 2. The van der Waals surface area contributed by atoms with Crippen LogP contribution < -0.4 is 68.9 Å². The maximum absolute atomic E-state index is 10.8. The first kappa shape index (κ1) is 19.2. The Morgan fingerprint density at radius 1 is 0.765 bits per heavy atom. The molecule has 0 aromatic carbocycles. The summed E-state index contributed by atoms with van der Waals surface area (Å²) < 4.78 is 39.4. The summed E-state index contributed by atoms with van der Waals surface area (Å²) in [5.41, 5.74) is -0.864. The van der Waals surface area contributed by atoms with Crippen molar-refractivity contribution in [2.24, 2.45) is 5.41 Å². The molecule has 2 heterocycles. The van der Waals surface area contributed by atoms with Gasteiger partial charge in [0.05, 0.1) is 31.8 Å². The first-order valence-corrected chi connectivity index (χ1v) is 6.95. The van der Waals surface area contributed by atoms with Gasteiger partial charge in [-0.25, -0.2) is 0 Å². The van der Waals surface area contributed by atoms with E-state index >= 15 is 0 Å². The summed E-state index contributed by atoms with van der Waals surface area (Å²) in [5, 5.41) is 0. The van der Waals surface area contributed by atoms with E-state index in [0.29, 0.717) is 0 Å². The Balaban J connectivity index is 0.00000128. The van der Waals surface area contributed by atoms with Crippen LogP contribution in [0, 0.1) is 5.41 Å². The summed E-state index contributed by atoms with van der Waals surface area (Å²) in [6.45, 7) is -0.802. The van der Waals surface area contributed by atoms with Gasteiger partial charge in [0.15, 0.2) is 0 Å². The van der Waals surface area contributed by atoms with Crippen LogP contribution in [0.1, 0.15) is 0 Å². The van der Waals surface area contributed by atoms with E-state index in [1.54, 1.807) is 0 Å². The summed E-state index contributed by atoms with van der Waals surface area (Å²) in [4.78, 5) is 21.6. The Morgan fingerprint density at radius 3 is 1.24 bits per heavy atom. The van der Waals surface area contributed by atoms with Crippen LogP contribution in [-0.4, -0.2) is 26.4 Å². The molecule has 8 nitrogen and oxygen atoms in total. The van der Waals surface area contributed by atoms with Crippen molar-refractivity contribution >= 4 is 15.6 Å². The van der Waals surface area contributed by atoms with Gasteiger partial charge >= 0.3 is 59.1 Å². The van der Waals surface area contributed by atoms with Gasteiger partial charge in [0.2, 0.25) is 0 Å². The molecule has 0 amide bonds. The third kappa shape index (κ3) is 5.25. The number of phosphoric acid groups is 2. The van der Waals surface area contributed by atoms with Crippen LogP contribution in [0.5, 0.6) is 0 Å². The van der Waals surface area contributed by atoms with Gasteiger partial charge in [0.25, 0.3) is 15.6 Å². The van der Waals surface area contributed by atoms with Crippen molar-refractivity contribution in [3.8, 4) is 0 Å². The Hall–Kier alpha value is 2.22. The van der Waals surface area contributed by atoms with Crippen molar-refractivity contribution in [1.82, 2.24) is 0 Å². The molecule has 0 aromatic rings. The summed E-state index contributed by atoms with van der Waals surface area (Å²) >= 11 is 0. The molecule has 2 rings (SSSR count). The average Bonchev–Trinajstić information content (AvgIpc) is 2.15. The van der Waals surface area contributed by atoms with Crippen LogP contribution in [0.2, 0.25) is 0 Å². The summed E-state index contributed by atoms with van der Waals surface area (Å²) in [6.07, 6.45) is 0. The molecule has 2 aliphatic rings. The van der Waals surface area contributed by atoms with E-state index in [2.05, 4.69) is 18.1 Å². The molecule has 0 radical (unpaired) electrons. The van der Waals surface area contributed by atoms with Gasteiger partial charge in [-0.05, 0) is 0 Å². The molecule has 17 heavy (non-hydrogen) atoms. The summed E-state index contributed by atoms with van der Waals surface area (Å²) in [6, 6.07) is 0. The molecule has 0 aromatic heterocycles. The topological polar surface area (TPSA) is 117 Å². The fourth-order valence-electron chi connectivity index (χ4n) is 1.19. The average molecular weight is 304 g/mol. The van der Waals surface area contributed by atoms with Gasteiger partial charge in [-0.3, -0.25) is 9.13 Å². The molecule has 88 valence electrons. The maximum Gasteiger partial charge on any atom is 1.00 e. The van der Waals surface area contributed by atoms with Crippen LogP contribution in [0.15, 0.2) is 0 Å². The van der Waals surface area contributed by atoms with Crippen molar-refractivity contribution in [2.45, 2.75) is 0 Å². The van der Waals surface area contributed by atoms with Gasteiger partial charge < -0.3 is 27.9 Å².